The molecular weight excluding hydrogens is 408 g/mol. The molecule has 2 N–H and O–H groups in total. The Morgan fingerprint density at radius 3 is 2.03 bits per heavy atom. The molecule has 2 amide bonds. The molecule has 1 saturated carbocycles. The average Bonchev–Trinajstić information content (AvgIpc) is 3.06. The van der Waals surface area contributed by atoms with Gasteiger partial charge in [0.1, 0.15) is 0 Å². The van der Waals surface area contributed by atoms with E-state index in [1.54, 1.807) is 4.90 Å². The maximum Gasteiger partial charge on any atom is 0.233 e. The number of carbonyl (C=O) groups excluding carboxylic acids is 2. The number of hydrogen-bond acceptors (Lipinski definition) is 7. The van der Waals surface area contributed by atoms with Gasteiger partial charge in [0.05, 0.1) is 11.5 Å². The molecule has 0 bridgehead atoms. The smallest absolute Gasteiger partial charge is 0.233 e. The highest BCUT2D eigenvalue weighted by molar-refractivity contribution is 8.00. The summed E-state index contributed by atoms with van der Waals surface area (Å²) in [4.78, 5) is 28.8. The fourth-order valence-electron chi connectivity index (χ4n) is 3.73. The van der Waals surface area contributed by atoms with Crippen LogP contribution in [-0.4, -0.2) is 73.2 Å². The van der Waals surface area contributed by atoms with E-state index in [1.807, 2.05) is 18.7 Å². The van der Waals surface area contributed by atoms with Crippen molar-refractivity contribution in [2.45, 2.75) is 82.2 Å². The van der Waals surface area contributed by atoms with Gasteiger partial charge in [0, 0.05) is 25.2 Å². The van der Waals surface area contributed by atoms with Crippen molar-refractivity contribution in [3.8, 4) is 0 Å². The maximum atomic E-state index is 12.9. The molecule has 0 aliphatic heterocycles. The van der Waals surface area contributed by atoms with Crippen LogP contribution in [0.3, 0.4) is 0 Å². The molecule has 1 aliphatic rings. The Balaban J connectivity index is 1.91. The molecule has 2 rings (SSSR count). The SMILES string of the molecule is CCN(CC)C(=O)CSc1nnc(SCC(=O)N(C(C)C)C2CCCCC2)n1N. The molecule has 10 heteroatoms. The minimum Gasteiger partial charge on any atom is -0.343 e. The van der Waals surface area contributed by atoms with Gasteiger partial charge in [0.15, 0.2) is 0 Å². The van der Waals surface area contributed by atoms with Gasteiger partial charge in [0.2, 0.25) is 22.1 Å². The number of aromatic nitrogens is 3. The van der Waals surface area contributed by atoms with Crippen molar-refractivity contribution < 1.29 is 9.59 Å². The largest absolute Gasteiger partial charge is 0.343 e. The monoisotopic (exact) mass is 442 g/mol. The molecule has 0 spiro atoms. The van der Waals surface area contributed by atoms with E-state index in [4.69, 9.17) is 5.84 Å². The lowest BCUT2D eigenvalue weighted by atomic mass is 9.93. The van der Waals surface area contributed by atoms with Crippen molar-refractivity contribution in [2.24, 2.45) is 0 Å². The molecule has 1 fully saturated rings. The van der Waals surface area contributed by atoms with Crippen molar-refractivity contribution in [2.75, 3.05) is 30.4 Å². The lowest BCUT2D eigenvalue weighted by Gasteiger charge is -2.37. The summed E-state index contributed by atoms with van der Waals surface area (Å²) in [6.45, 7) is 9.42. The number of nitrogens with zero attached hydrogens (tertiary/aromatic N) is 5. The molecular formula is C19H34N6O2S2. The van der Waals surface area contributed by atoms with Crippen LogP contribution in [0.25, 0.3) is 0 Å². The first-order valence-corrected chi connectivity index (χ1v) is 12.4. The predicted octanol–water partition coefficient (Wildman–Crippen LogP) is 2.61. The Hall–Kier alpha value is -1.42. The summed E-state index contributed by atoms with van der Waals surface area (Å²) in [6.07, 6.45) is 5.82. The number of amides is 2. The van der Waals surface area contributed by atoms with Crippen molar-refractivity contribution in [3.05, 3.63) is 0 Å². The Morgan fingerprint density at radius 2 is 1.55 bits per heavy atom. The Labute approximate surface area is 182 Å². The van der Waals surface area contributed by atoms with Gasteiger partial charge in [-0.25, -0.2) is 4.68 Å². The normalized spacial score (nSPS) is 14.9. The van der Waals surface area contributed by atoms with Gasteiger partial charge in [-0.1, -0.05) is 42.8 Å². The quantitative estimate of drug-likeness (QED) is 0.439. The van der Waals surface area contributed by atoms with Crippen LogP contribution in [0.2, 0.25) is 0 Å². The molecule has 1 heterocycles. The molecule has 1 aromatic rings. The summed E-state index contributed by atoms with van der Waals surface area (Å²) in [5.41, 5.74) is 0. The third-order valence-electron chi connectivity index (χ3n) is 5.21. The molecule has 1 aliphatic carbocycles. The van der Waals surface area contributed by atoms with E-state index in [-0.39, 0.29) is 29.4 Å². The topological polar surface area (TPSA) is 97.4 Å². The number of rotatable bonds is 10. The third-order valence-corrected chi connectivity index (χ3v) is 7.07. The van der Waals surface area contributed by atoms with Crippen LogP contribution >= 0.6 is 23.5 Å². The summed E-state index contributed by atoms with van der Waals surface area (Å²) in [5, 5.41) is 9.15. The van der Waals surface area contributed by atoms with Crippen LogP contribution < -0.4 is 5.84 Å². The summed E-state index contributed by atoms with van der Waals surface area (Å²) < 4.78 is 1.37. The Morgan fingerprint density at radius 1 is 1.03 bits per heavy atom. The van der Waals surface area contributed by atoms with E-state index < -0.39 is 0 Å². The number of hydrogen-bond donors (Lipinski definition) is 1. The van der Waals surface area contributed by atoms with E-state index in [9.17, 15) is 9.59 Å². The number of nitrogens with two attached hydrogens (primary N) is 1. The van der Waals surface area contributed by atoms with E-state index in [0.717, 1.165) is 12.8 Å². The first kappa shape index (κ1) is 23.9. The summed E-state index contributed by atoms with van der Waals surface area (Å²) in [6, 6.07) is 0.518. The molecule has 8 nitrogen and oxygen atoms in total. The van der Waals surface area contributed by atoms with Crippen LogP contribution in [-0.2, 0) is 9.59 Å². The Bertz CT molecular complexity index is 672. The standard InChI is InChI=1S/C19H34N6O2S2/c1-5-23(6-2)16(26)12-28-18-21-22-19(25(18)20)29-13-17(27)24(14(3)4)15-10-8-7-9-11-15/h14-15H,5-13,20H2,1-4H3. The van der Waals surface area contributed by atoms with Crippen LogP contribution in [0.15, 0.2) is 10.3 Å². The van der Waals surface area contributed by atoms with Crippen molar-refractivity contribution >= 4 is 35.3 Å². The van der Waals surface area contributed by atoms with Crippen LogP contribution in [0, 0.1) is 0 Å². The minimum absolute atomic E-state index is 0.0486. The summed E-state index contributed by atoms with van der Waals surface area (Å²) in [7, 11) is 0. The predicted molar refractivity (Wildman–Crippen MR) is 118 cm³/mol. The van der Waals surface area contributed by atoms with E-state index >= 15 is 0 Å². The van der Waals surface area contributed by atoms with Gasteiger partial charge in [-0.3, -0.25) is 9.59 Å². The molecule has 0 radical (unpaired) electrons. The lowest BCUT2D eigenvalue weighted by molar-refractivity contribution is -0.133. The van der Waals surface area contributed by atoms with Crippen LogP contribution in [0.5, 0.6) is 0 Å². The van der Waals surface area contributed by atoms with Crippen LogP contribution in [0.1, 0.15) is 59.8 Å². The molecule has 0 saturated heterocycles. The highest BCUT2D eigenvalue weighted by Gasteiger charge is 2.28. The molecule has 0 aromatic carbocycles. The average molecular weight is 443 g/mol. The molecule has 164 valence electrons. The number of nitrogen functional groups attached to an aromatic ring is 1. The zero-order valence-electron chi connectivity index (χ0n) is 18.0. The number of thioether (sulfide) groups is 2. The number of carbonyl (C=O) groups is 2. The van der Waals surface area contributed by atoms with Gasteiger partial charge >= 0.3 is 0 Å². The van der Waals surface area contributed by atoms with Gasteiger partial charge < -0.3 is 15.6 Å². The second-order valence-corrected chi connectivity index (χ2v) is 9.35. The first-order chi connectivity index (χ1) is 13.9. The van der Waals surface area contributed by atoms with E-state index in [1.165, 1.54) is 47.5 Å². The fraction of sp³-hybridized carbons (Fsp3) is 0.789. The Kier molecular flexibility index (Phi) is 9.61. The summed E-state index contributed by atoms with van der Waals surface area (Å²) >= 11 is 2.57. The highest BCUT2D eigenvalue weighted by Crippen LogP contribution is 2.26. The van der Waals surface area contributed by atoms with Gasteiger partial charge in [-0.2, -0.15) is 0 Å². The second-order valence-electron chi connectivity index (χ2n) is 7.47. The van der Waals surface area contributed by atoms with Crippen LogP contribution in [0.4, 0.5) is 0 Å². The molecule has 0 unspecified atom stereocenters. The van der Waals surface area contributed by atoms with E-state index in [0.29, 0.717) is 29.4 Å². The highest BCUT2D eigenvalue weighted by atomic mass is 32.2. The molecule has 29 heavy (non-hydrogen) atoms. The van der Waals surface area contributed by atoms with Gasteiger partial charge in [-0.05, 0) is 40.5 Å². The van der Waals surface area contributed by atoms with Crippen molar-refractivity contribution in [3.63, 3.8) is 0 Å². The van der Waals surface area contributed by atoms with Gasteiger partial charge in [0.25, 0.3) is 0 Å². The summed E-state index contributed by atoms with van der Waals surface area (Å²) in [5.74, 6) is 6.81. The lowest BCUT2D eigenvalue weighted by Crippen LogP contribution is -2.46. The van der Waals surface area contributed by atoms with Crippen molar-refractivity contribution in [1.82, 2.24) is 24.7 Å². The minimum atomic E-state index is 0.0486. The second kappa shape index (κ2) is 11.7. The molecule has 1 aromatic heterocycles. The zero-order chi connectivity index (χ0) is 21.4. The van der Waals surface area contributed by atoms with E-state index in [2.05, 4.69) is 24.0 Å². The first-order valence-electron chi connectivity index (χ1n) is 10.4. The van der Waals surface area contributed by atoms with Gasteiger partial charge in [-0.15, -0.1) is 10.2 Å². The zero-order valence-corrected chi connectivity index (χ0v) is 19.6. The third kappa shape index (κ3) is 6.53. The maximum absolute atomic E-state index is 12.9. The molecule has 0 atom stereocenters. The fourth-order valence-corrected chi connectivity index (χ4v) is 5.27. The van der Waals surface area contributed by atoms with Crippen molar-refractivity contribution in [1.29, 1.82) is 0 Å².